The lowest BCUT2D eigenvalue weighted by Gasteiger charge is -2.15. The molecular weight excluding hydrogens is 220 g/mol. The lowest BCUT2D eigenvalue weighted by Crippen LogP contribution is -2.15. The first-order valence-electron chi connectivity index (χ1n) is 5.89. The van der Waals surface area contributed by atoms with Crippen molar-refractivity contribution in [2.45, 2.75) is 47.0 Å². The van der Waals surface area contributed by atoms with Crippen LogP contribution in [0.4, 0.5) is 0 Å². The summed E-state index contributed by atoms with van der Waals surface area (Å²) in [5, 5.41) is 6.49. The maximum absolute atomic E-state index is 5.73. The topological polar surface area (TPSA) is 34.2 Å². The summed E-state index contributed by atoms with van der Waals surface area (Å²) >= 11 is 1.70. The van der Waals surface area contributed by atoms with E-state index < -0.39 is 0 Å². The van der Waals surface area contributed by atoms with Crippen molar-refractivity contribution in [2.24, 2.45) is 5.92 Å². The quantitative estimate of drug-likeness (QED) is 0.798. The molecule has 1 aromatic heterocycles. The van der Waals surface area contributed by atoms with Crippen LogP contribution in [0, 0.1) is 5.92 Å². The number of ether oxygens (including phenoxy) is 1. The van der Waals surface area contributed by atoms with Crippen LogP contribution in [0.3, 0.4) is 0 Å². The maximum atomic E-state index is 5.73. The van der Waals surface area contributed by atoms with Crippen LogP contribution in [0.5, 0.6) is 0 Å². The summed E-state index contributed by atoms with van der Waals surface area (Å²) in [5.41, 5.74) is 1.05. The van der Waals surface area contributed by atoms with Crippen LogP contribution in [-0.4, -0.2) is 17.6 Å². The molecule has 1 unspecified atom stereocenters. The van der Waals surface area contributed by atoms with Crippen LogP contribution < -0.4 is 5.32 Å². The fourth-order valence-corrected chi connectivity index (χ4v) is 1.89. The number of hydrogen-bond acceptors (Lipinski definition) is 4. The zero-order valence-corrected chi connectivity index (χ0v) is 11.4. The van der Waals surface area contributed by atoms with Gasteiger partial charge in [-0.2, -0.15) is 0 Å². The molecule has 0 saturated carbocycles. The van der Waals surface area contributed by atoms with Gasteiger partial charge < -0.3 is 10.1 Å². The number of thiazole rings is 1. The van der Waals surface area contributed by atoms with Gasteiger partial charge in [0.2, 0.25) is 0 Å². The van der Waals surface area contributed by atoms with Crippen molar-refractivity contribution in [1.29, 1.82) is 0 Å². The Labute approximate surface area is 102 Å². The van der Waals surface area contributed by atoms with E-state index >= 15 is 0 Å². The number of rotatable bonds is 7. The first-order valence-corrected chi connectivity index (χ1v) is 6.77. The smallest absolute Gasteiger partial charge is 0.107 e. The van der Waals surface area contributed by atoms with Crippen molar-refractivity contribution in [3.05, 3.63) is 16.1 Å². The van der Waals surface area contributed by atoms with Crippen LogP contribution in [0.25, 0.3) is 0 Å². The van der Waals surface area contributed by atoms with Crippen LogP contribution in [0.1, 0.15) is 38.4 Å². The minimum atomic E-state index is 0.291. The molecule has 1 rings (SSSR count). The maximum Gasteiger partial charge on any atom is 0.107 e. The largest absolute Gasteiger partial charge is 0.372 e. The van der Waals surface area contributed by atoms with Gasteiger partial charge in [0, 0.05) is 11.9 Å². The minimum absolute atomic E-state index is 0.291. The van der Waals surface area contributed by atoms with Crippen molar-refractivity contribution >= 4 is 11.3 Å². The molecule has 0 bridgehead atoms. The second-order valence-electron chi connectivity index (χ2n) is 4.27. The van der Waals surface area contributed by atoms with E-state index in [0.29, 0.717) is 18.6 Å². The highest BCUT2D eigenvalue weighted by Gasteiger charge is 2.08. The Morgan fingerprint density at radius 3 is 2.81 bits per heavy atom. The third-order valence-electron chi connectivity index (χ3n) is 2.56. The Hall–Kier alpha value is -0.450. The highest BCUT2D eigenvalue weighted by atomic mass is 32.1. The van der Waals surface area contributed by atoms with Crippen molar-refractivity contribution in [3.8, 4) is 0 Å². The van der Waals surface area contributed by atoms with Crippen LogP contribution >= 0.6 is 11.3 Å². The average molecular weight is 242 g/mol. The summed E-state index contributed by atoms with van der Waals surface area (Å²) in [6.07, 6.45) is 0.291. The fraction of sp³-hybridized carbons (Fsp3) is 0.750. The zero-order chi connectivity index (χ0) is 12.0. The molecule has 0 spiro atoms. The Morgan fingerprint density at radius 1 is 1.44 bits per heavy atom. The van der Waals surface area contributed by atoms with Gasteiger partial charge in [-0.05, 0) is 19.4 Å². The van der Waals surface area contributed by atoms with Gasteiger partial charge in [0.15, 0.2) is 0 Å². The summed E-state index contributed by atoms with van der Waals surface area (Å²) < 4.78 is 5.73. The molecule has 1 heterocycles. The third kappa shape index (κ3) is 4.60. The molecule has 0 fully saturated rings. The summed E-state index contributed by atoms with van der Waals surface area (Å²) in [5.74, 6) is 0.555. The lowest BCUT2D eigenvalue weighted by atomic mass is 10.1. The molecule has 16 heavy (non-hydrogen) atoms. The van der Waals surface area contributed by atoms with Crippen molar-refractivity contribution in [1.82, 2.24) is 10.3 Å². The van der Waals surface area contributed by atoms with Gasteiger partial charge in [0.1, 0.15) is 5.01 Å². The number of aromatic nitrogens is 1. The van der Waals surface area contributed by atoms with Gasteiger partial charge >= 0.3 is 0 Å². The zero-order valence-electron chi connectivity index (χ0n) is 10.6. The van der Waals surface area contributed by atoms with Crippen LogP contribution in [0.2, 0.25) is 0 Å². The van der Waals surface area contributed by atoms with Gasteiger partial charge in [-0.1, -0.05) is 20.8 Å². The molecule has 92 valence electrons. The molecule has 0 aliphatic heterocycles. The molecule has 0 radical (unpaired) electrons. The normalized spacial score (nSPS) is 13.3. The minimum Gasteiger partial charge on any atom is -0.372 e. The number of nitrogens with one attached hydrogen (secondary N) is 1. The van der Waals surface area contributed by atoms with E-state index in [1.807, 2.05) is 0 Å². The van der Waals surface area contributed by atoms with Crippen molar-refractivity contribution < 1.29 is 4.74 Å². The summed E-state index contributed by atoms with van der Waals surface area (Å²) in [6, 6.07) is 0. The molecule has 3 nitrogen and oxygen atoms in total. The van der Waals surface area contributed by atoms with Crippen molar-refractivity contribution in [3.63, 3.8) is 0 Å². The molecule has 0 aliphatic rings. The molecule has 1 atom stereocenters. The predicted octanol–water partition coefficient (Wildman–Crippen LogP) is 2.81. The monoisotopic (exact) mass is 242 g/mol. The molecule has 1 N–H and O–H groups in total. The van der Waals surface area contributed by atoms with Gasteiger partial charge in [-0.3, -0.25) is 0 Å². The molecule has 0 aliphatic carbocycles. The molecule has 0 saturated heterocycles. The Bertz CT molecular complexity index is 299. The van der Waals surface area contributed by atoms with Crippen LogP contribution in [0.15, 0.2) is 5.38 Å². The van der Waals surface area contributed by atoms with E-state index in [0.717, 1.165) is 23.8 Å². The van der Waals surface area contributed by atoms with E-state index in [1.165, 1.54) is 0 Å². The standard InChI is InChI=1S/C12H22N2OS/c1-5-13-6-12-14-11(8-16-12)7-15-10(4)9(2)3/h8-10,13H,5-7H2,1-4H3. The second-order valence-corrected chi connectivity index (χ2v) is 5.22. The van der Waals surface area contributed by atoms with E-state index in [4.69, 9.17) is 4.74 Å². The summed E-state index contributed by atoms with van der Waals surface area (Å²) in [4.78, 5) is 4.51. The Morgan fingerprint density at radius 2 is 2.19 bits per heavy atom. The SMILES string of the molecule is CCNCc1nc(COC(C)C(C)C)cs1. The van der Waals surface area contributed by atoms with E-state index in [1.54, 1.807) is 11.3 Å². The highest BCUT2D eigenvalue weighted by Crippen LogP contribution is 2.13. The molecule has 4 heteroatoms. The van der Waals surface area contributed by atoms with Crippen molar-refractivity contribution in [2.75, 3.05) is 6.54 Å². The molecule has 1 aromatic rings. The second kappa shape index (κ2) is 6.99. The third-order valence-corrected chi connectivity index (χ3v) is 3.46. The molecule has 0 amide bonds. The van der Waals surface area contributed by atoms with E-state index in [2.05, 4.69) is 43.4 Å². The predicted molar refractivity (Wildman–Crippen MR) is 68.6 cm³/mol. The van der Waals surface area contributed by atoms with E-state index in [-0.39, 0.29) is 0 Å². The van der Waals surface area contributed by atoms with Gasteiger partial charge in [0.25, 0.3) is 0 Å². The van der Waals surface area contributed by atoms with Gasteiger partial charge in [-0.15, -0.1) is 11.3 Å². The van der Waals surface area contributed by atoms with Gasteiger partial charge in [0.05, 0.1) is 18.4 Å². The highest BCUT2D eigenvalue weighted by molar-refractivity contribution is 7.09. The summed E-state index contributed by atoms with van der Waals surface area (Å²) in [6.45, 7) is 11.0. The first kappa shape index (κ1) is 13.6. The van der Waals surface area contributed by atoms with Crippen LogP contribution in [-0.2, 0) is 17.9 Å². The number of hydrogen-bond donors (Lipinski definition) is 1. The van der Waals surface area contributed by atoms with E-state index in [9.17, 15) is 0 Å². The fourth-order valence-electron chi connectivity index (χ4n) is 1.14. The first-order chi connectivity index (χ1) is 7.63. The number of nitrogens with zero attached hydrogens (tertiary/aromatic N) is 1. The average Bonchev–Trinajstić information content (AvgIpc) is 2.70. The lowest BCUT2D eigenvalue weighted by molar-refractivity contribution is 0.0220. The summed E-state index contributed by atoms with van der Waals surface area (Å²) in [7, 11) is 0. The van der Waals surface area contributed by atoms with Gasteiger partial charge in [-0.25, -0.2) is 4.98 Å². The molecule has 0 aromatic carbocycles. The Balaban J connectivity index is 2.34. The Kier molecular flexibility index (Phi) is 5.95. The molecular formula is C12H22N2OS.